The van der Waals surface area contributed by atoms with E-state index in [-0.39, 0.29) is 20.1 Å². The lowest BCUT2D eigenvalue weighted by Crippen LogP contribution is -2.38. The third-order valence-electron chi connectivity index (χ3n) is 2.79. The zero-order valence-electron chi connectivity index (χ0n) is 12.3. The van der Waals surface area contributed by atoms with Crippen LogP contribution in [0, 0.1) is 0 Å². The van der Waals surface area contributed by atoms with Crippen molar-refractivity contribution in [2.45, 2.75) is 11.8 Å². The van der Waals surface area contributed by atoms with Gasteiger partial charge in [-0.05, 0) is 28.7 Å². The normalized spacial score (nSPS) is 11.0. The number of hydrogen-bond acceptors (Lipinski definition) is 5. The number of amides is 1. The summed E-state index contributed by atoms with van der Waals surface area (Å²) in [7, 11) is -4.63. The van der Waals surface area contributed by atoms with Gasteiger partial charge in [-0.25, -0.2) is 4.79 Å². The van der Waals surface area contributed by atoms with E-state index in [4.69, 9.17) is 23.2 Å². The molecule has 0 unspecified atom stereocenters. The summed E-state index contributed by atoms with van der Waals surface area (Å²) in [6, 6.07) is 11.5. The Morgan fingerprint density at radius 1 is 0.958 bits per heavy atom. The fraction of sp³-hybridized carbons (Fsp3) is 0.0667. The smallest absolute Gasteiger partial charge is 0.323 e. The molecule has 0 bridgehead atoms. The first-order valence-corrected chi connectivity index (χ1v) is 8.72. The number of sulfonamides is 1. The van der Waals surface area contributed by atoms with Gasteiger partial charge in [0, 0.05) is 12.5 Å². The summed E-state index contributed by atoms with van der Waals surface area (Å²) >= 11 is 11.8. The fourth-order valence-corrected chi connectivity index (χ4v) is 4.12. The first-order valence-electron chi connectivity index (χ1n) is 6.52. The minimum Gasteiger partial charge on any atom is -0.323 e. The van der Waals surface area contributed by atoms with Crippen molar-refractivity contribution < 1.29 is 22.8 Å². The molecular weight excluding hydrogens is 377 g/mol. The van der Waals surface area contributed by atoms with E-state index in [0.717, 1.165) is 6.92 Å². The standard InChI is InChI=1S/C15H11Cl2NO5S/c1-10(19)23-18(15(20)11-6-3-2-4-7-11)24(21,22)14-12(16)8-5-9-13(14)17/h2-9H,1H3. The van der Waals surface area contributed by atoms with Gasteiger partial charge in [-0.1, -0.05) is 47.5 Å². The molecule has 0 heterocycles. The molecular formula is C15H11Cl2NO5S. The summed E-state index contributed by atoms with van der Waals surface area (Å²) in [4.78, 5) is 27.9. The van der Waals surface area contributed by atoms with E-state index in [1.807, 2.05) is 0 Å². The van der Waals surface area contributed by atoms with Crippen molar-refractivity contribution in [3.8, 4) is 0 Å². The summed E-state index contributed by atoms with van der Waals surface area (Å²) in [5, 5.41) is -0.416. The maximum absolute atomic E-state index is 12.8. The van der Waals surface area contributed by atoms with Gasteiger partial charge in [0.05, 0.1) is 10.0 Å². The van der Waals surface area contributed by atoms with E-state index < -0.39 is 26.8 Å². The van der Waals surface area contributed by atoms with E-state index in [9.17, 15) is 18.0 Å². The maximum atomic E-state index is 12.8. The average Bonchev–Trinajstić information content (AvgIpc) is 2.52. The predicted molar refractivity (Wildman–Crippen MR) is 88.0 cm³/mol. The van der Waals surface area contributed by atoms with Crippen LogP contribution in [0.5, 0.6) is 0 Å². The van der Waals surface area contributed by atoms with Gasteiger partial charge in [-0.2, -0.15) is 8.42 Å². The average molecular weight is 388 g/mol. The first-order chi connectivity index (χ1) is 11.2. The van der Waals surface area contributed by atoms with Crippen molar-refractivity contribution in [2.75, 3.05) is 0 Å². The molecule has 0 aliphatic heterocycles. The molecule has 0 aliphatic rings. The molecule has 24 heavy (non-hydrogen) atoms. The molecule has 0 saturated carbocycles. The molecule has 6 nitrogen and oxygen atoms in total. The SMILES string of the molecule is CC(=O)ON(C(=O)c1ccccc1)S(=O)(=O)c1c(Cl)cccc1Cl. The number of halogens is 2. The van der Waals surface area contributed by atoms with Crippen LogP contribution in [0.25, 0.3) is 0 Å². The van der Waals surface area contributed by atoms with Gasteiger partial charge in [-0.3, -0.25) is 4.79 Å². The van der Waals surface area contributed by atoms with Crippen LogP contribution in [0.2, 0.25) is 10.0 Å². The third kappa shape index (κ3) is 3.69. The minimum absolute atomic E-state index is 0.00509. The van der Waals surface area contributed by atoms with E-state index in [0.29, 0.717) is 0 Å². The molecule has 126 valence electrons. The molecule has 0 aliphatic carbocycles. The molecule has 0 N–H and O–H groups in total. The van der Waals surface area contributed by atoms with Gasteiger partial charge in [0.1, 0.15) is 4.90 Å². The molecule has 0 atom stereocenters. The van der Waals surface area contributed by atoms with Crippen molar-refractivity contribution in [2.24, 2.45) is 0 Å². The van der Waals surface area contributed by atoms with Crippen molar-refractivity contribution in [3.05, 3.63) is 64.1 Å². The number of carbonyl (C=O) groups is 2. The Labute approximate surface area is 148 Å². The minimum atomic E-state index is -4.63. The molecule has 2 aromatic carbocycles. The number of carbonyl (C=O) groups excluding carboxylic acids is 2. The largest absolute Gasteiger partial charge is 0.331 e. The summed E-state index contributed by atoms with van der Waals surface area (Å²) in [5.41, 5.74) is 0.00509. The highest BCUT2D eigenvalue weighted by atomic mass is 35.5. The van der Waals surface area contributed by atoms with Gasteiger partial charge >= 0.3 is 21.9 Å². The molecule has 0 fully saturated rings. The summed E-state index contributed by atoms with van der Waals surface area (Å²) in [6.45, 7) is 0.967. The molecule has 1 amide bonds. The van der Waals surface area contributed by atoms with Crippen LogP contribution in [0.15, 0.2) is 53.4 Å². The van der Waals surface area contributed by atoms with E-state index in [2.05, 4.69) is 4.84 Å². The zero-order valence-corrected chi connectivity index (χ0v) is 14.6. The number of benzene rings is 2. The first kappa shape index (κ1) is 18.3. The second-order valence-corrected chi connectivity index (χ2v) is 7.04. The lowest BCUT2D eigenvalue weighted by atomic mass is 10.2. The van der Waals surface area contributed by atoms with Crippen LogP contribution in [-0.4, -0.2) is 24.8 Å². The van der Waals surface area contributed by atoms with Crippen LogP contribution < -0.4 is 0 Å². The molecule has 0 aromatic heterocycles. The van der Waals surface area contributed by atoms with Gasteiger partial charge in [0.15, 0.2) is 0 Å². The highest BCUT2D eigenvalue weighted by Gasteiger charge is 2.36. The highest BCUT2D eigenvalue weighted by molar-refractivity contribution is 7.89. The van der Waals surface area contributed by atoms with Gasteiger partial charge in [0.25, 0.3) is 0 Å². The number of hydrogen-bond donors (Lipinski definition) is 0. The lowest BCUT2D eigenvalue weighted by Gasteiger charge is -2.21. The van der Waals surface area contributed by atoms with E-state index in [1.54, 1.807) is 6.07 Å². The van der Waals surface area contributed by atoms with Crippen LogP contribution in [0.1, 0.15) is 17.3 Å². The Kier molecular flexibility index (Phi) is 5.48. The monoisotopic (exact) mass is 387 g/mol. The molecule has 9 heteroatoms. The zero-order chi connectivity index (χ0) is 17.9. The van der Waals surface area contributed by atoms with Crippen molar-refractivity contribution >= 4 is 45.1 Å². The van der Waals surface area contributed by atoms with Crippen molar-refractivity contribution in [1.82, 2.24) is 4.47 Å². The molecule has 0 saturated heterocycles. The summed E-state index contributed by atoms with van der Waals surface area (Å²) in [6.07, 6.45) is 0. The number of rotatable bonds is 3. The Morgan fingerprint density at radius 2 is 1.50 bits per heavy atom. The Bertz CT molecular complexity index is 864. The molecule has 0 radical (unpaired) electrons. The van der Waals surface area contributed by atoms with Gasteiger partial charge in [-0.15, -0.1) is 0 Å². The molecule has 2 rings (SSSR count). The van der Waals surface area contributed by atoms with E-state index >= 15 is 0 Å². The second-order valence-electron chi connectivity index (χ2n) is 4.54. The Hall–Kier alpha value is -2.09. The Balaban J connectivity index is 2.59. The van der Waals surface area contributed by atoms with Gasteiger partial charge < -0.3 is 4.84 Å². The van der Waals surface area contributed by atoms with Gasteiger partial charge in [0.2, 0.25) is 0 Å². The maximum Gasteiger partial charge on any atom is 0.331 e. The number of nitrogens with zero attached hydrogens (tertiary/aromatic N) is 1. The van der Waals surface area contributed by atoms with Crippen LogP contribution in [0.4, 0.5) is 0 Å². The highest BCUT2D eigenvalue weighted by Crippen LogP contribution is 2.32. The lowest BCUT2D eigenvalue weighted by molar-refractivity contribution is -0.160. The van der Waals surface area contributed by atoms with E-state index in [1.165, 1.54) is 42.5 Å². The quantitative estimate of drug-likeness (QED) is 0.754. The van der Waals surface area contributed by atoms with Crippen molar-refractivity contribution in [3.63, 3.8) is 0 Å². The van der Waals surface area contributed by atoms with Crippen LogP contribution >= 0.6 is 23.2 Å². The van der Waals surface area contributed by atoms with Crippen LogP contribution in [0.3, 0.4) is 0 Å². The third-order valence-corrected chi connectivity index (χ3v) is 5.28. The summed E-state index contributed by atoms with van der Waals surface area (Å²) < 4.78 is 25.6. The fourth-order valence-electron chi connectivity index (χ4n) is 1.81. The van der Waals surface area contributed by atoms with Crippen LogP contribution in [-0.2, 0) is 19.7 Å². The number of hydroxylamine groups is 1. The van der Waals surface area contributed by atoms with Crippen molar-refractivity contribution in [1.29, 1.82) is 0 Å². The molecule has 0 spiro atoms. The summed E-state index contributed by atoms with van der Waals surface area (Å²) in [5.74, 6) is -2.05. The second kappa shape index (κ2) is 7.21. The molecule has 2 aromatic rings. The topological polar surface area (TPSA) is 80.8 Å². The predicted octanol–water partition coefficient (Wildman–Crippen LogP) is 3.30. The Morgan fingerprint density at radius 3 is 2.00 bits per heavy atom.